The number of rotatable bonds is 7. The summed E-state index contributed by atoms with van der Waals surface area (Å²) in [5.74, 6) is -2.05. The van der Waals surface area contributed by atoms with Crippen molar-refractivity contribution in [2.45, 2.75) is 37.6 Å². The maximum Gasteiger partial charge on any atom is 0.255 e. The molecule has 3 rings (SSSR count). The number of thiophene rings is 1. The minimum Gasteiger partial charge on any atom is -0.380 e. The van der Waals surface area contributed by atoms with Gasteiger partial charge in [0, 0.05) is 17.1 Å². The zero-order chi connectivity index (χ0) is 20.8. The first-order valence-corrected chi connectivity index (χ1v) is 10.2. The lowest BCUT2D eigenvalue weighted by molar-refractivity contribution is -0.154. The molecule has 0 radical (unpaired) electrons. The van der Waals surface area contributed by atoms with Gasteiger partial charge in [-0.2, -0.15) is 0 Å². The number of aliphatic hydroxyl groups excluding tert-OH is 2. The van der Waals surface area contributed by atoms with E-state index in [2.05, 4.69) is 10.6 Å². The molecule has 9 heteroatoms. The van der Waals surface area contributed by atoms with Crippen LogP contribution in [0.4, 0.5) is 5.69 Å². The van der Waals surface area contributed by atoms with Gasteiger partial charge in [0.2, 0.25) is 5.91 Å². The average molecular weight is 417 g/mol. The van der Waals surface area contributed by atoms with Gasteiger partial charge in [-0.3, -0.25) is 14.4 Å². The van der Waals surface area contributed by atoms with Crippen molar-refractivity contribution < 1.29 is 24.6 Å². The fourth-order valence-corrected chi connectivity index (χ4v) is 3.83. The van der Waals surface area contributed by atoms with E-state index in [1.165, 1.54) is 16.2 Å². The monoisotopic (exact) mass is 417 g/mol. The molecular weight excluding hydrogens is 394 g/mol. The summed E-state index contributed by atoms with van der Waals surface area (Å²) in [5.41, 5.74) is 0.602. The van der Waals surface area contributed by atoms with Gasteiger partial charge in [-0.1, -0.05) is 24.3 Å². The Morgan fingerprint density at radius 3 is 2.55 bits per heavy atom. The van der Waals surface area contributed by atoms with Gasteiger partial charge in [0.1, 0.15) is 6.04 Å². The van der Waals surface area contributed by atoms with E-state index in [0.717, 1.165) is 4.88 Å². The zero-order valence-corrected chi connectivity index (χ0v) is 16.5. The van der Waals surface area contributed by atoms with Gasteiger partial charge >= 0.3 is 0 Å². The number of hydrogen-bond acceptors (Lipinski definition) is 6. The number of benzene rings is 1. The van der Waals surface area contributed by atoms with Gasteiger partial charge < -0.3 is 25.7 Å². The molecule has 0 unspecified atom stereocenters. The van der Waals surface area contributed by atoms with E-state index in [4.69, 9.17) is 0 Å². The fraction of sp³-hybridized carbons (Fsp3) is 0.350. The Morgan fingerprint density at radius 2 is 1.86 bits per heavy atom. The molecule has 29 heavy (non-hydrogen) atoms. The van der Waals surface area contributed by atoms with Crippen LogP contribution in [0.5, 0.6) is 0 Å². The van der Waals surface area contributed by atoms with Crippen LogP contribution in [0.2, 0.25) is 0 Å². The lowest BCUT2D eigenvalue weighted by Crippen LogP contribution is -2.53. The zero-order valence-electron chi connectivity index (χ0n) is 15.7. The van der Waals surface area contributed by atoms with Crippen molar-refractivity contribution in [3.8, 4) is 0 Å². The fourth-order valence-electron chi connectivity index (χ4n) is 3.19. The van der Waals surface area contributed by atoms with Crippen molar-refractivity contribution in [2.75, 3.05) is 11.9 Å². The van der Waals surface area contributed by atoms with Crippen LogP contribution in [0.25, 0.3) is 0 Å². The van der Waals surface area contributed by atoms with Crippen LogP contribution in [0.1, 0.15) is 17.7 Å². The van der Waals surface area contributed by atoms with Crippen LogP contribution in [-0.2, 0) is 20.9 Å². The van der Waals surface area contributed by atoms with Crippen molar-refractivity contribution in [2.24, 2.45) is 0 Å². The van der Waals surface area contributed by atoms with Crippen LogP contribution < -0.4 is 10.6 Å². The first-order chi connectivity index (χ1) is 14.0. The normalized spacial score (nSPS) is 18.1. The number of anilines is 1. The molecule has 2 heterocycles. The standard InChI is InChI=1S/C20H23N3O5S/c24-16(19(27)21-12-14-8-5-11-29-14)17(25)20(28)23-10-4-9-15(23)18(26)22-13-6-2-1-3-7-13/h1-3,5-8,11,15-17,24-25H,4,9-10,12H2,(H,21,27)(H,22,26)/t15-,16-,17-/m1/s1. The molecule has 0 bridgehead atoms. The first kappa shape index (κ1) is 21.0. The smallest absolute Gasteiger partial charge is 0.255 e. The van der Waals surface area contributed by atoms with Gasteiger partial charge in [0.05, 0.1) is 6.54 Å². The summed E-state index contributed by atoms with van der Waals surface area (Å²) in [5, 5.41) is 27.4. The van der Waals surface area contributed by atoms with Crippen LogP contribution in [0.3, 0.4) is 0 Å². The highest BCUT2D eigenvalue weighted by Crippen LogP contribution is 2.21. The molecule has 3 atom stereocenters. The SMILES string of the molecule is O=C(Nc1ccccc1)[C@H]1CCCN1C(=O)[C@H](O)[C@@H](O)C(=O)NCc1cccs1. The Hall–Kier alpha value is -2.75. The van der Waals surface area contributed by atoms with E-state index in [9.17, 15) is 24.6 Å². The van der Waals surface area contributed by atoms with Crippen molar-refractivity contribution in [3.05, 3.63) is 52.7 Å². The molecule has 1 aromatic carbocycles. The lowest BCUT2D eigenvalue weighted by Gasteiger charge is -2.27. The van der Waals surface area contributed by atoms with Crippen LogP contribution in [0, 0.1) is 0 Å². The first-order valence-electron chi connectivity index (χ1n) is 9.30. The van der Waals surface area contributed by atoms with Gasteiger partial charge in [0.25, 0.3) is 11.8 Å². The number of likely N-dealkylation sites (tertiary alicyclic amines) is 1. The average Bonchev–Trinajstić information content (AvgIpc) is 3.43. The predicted octanol–water partition coefficient (Wildman–Crippen LogP) is 0.716. The Morgan fingerprint density at radius 1 is 1.10 bits per heavy atom. The molecule has 3 amide bonds. The Labute approximate surface area is 172 Å². The highest BCUT2D eigenvalue weighted by atomic mass is 32.1. The van der Waals surface area contributed by atoms with Crippen molar-refractivity contribution in [1.82, 2.24) is 10.2 Å². The molecule has 154 valence electrons. The molecule has 1 aliphatic heterocycles. The highest BCUT2D eigenvalue weighted by Gasteiger charge is 2.40. The highest BCUT2D eigenvalue weighted by molar-refractivity contribution is 7.09. The second kappa shape index (κ2) is 9.64. The lowest BCUT2D eigenvalue weighted by atomic mass is 10.1. The molecule has 1 aliphatic rings. The van der Waals surface area contributed by atoms with E-state index in [1.807, 2.05) is 23.6 Å². The van der Waals surface area contributed by atoms with E-state index in [0.29, 0.717) is 18.5 Å². The van der Waals surface area contributed by atoms with Gasteiger partial charge in [-0.25, -0.2) is 0 Å². The van der Waals surface area contributed by atoms with E-state index < -0.39 is 30.1 Å². The second-order valence-corrected chi connectivity index (χ2v) is 7.76. The molecule has 1 aromatic heterocycles. The Balaban J connectivity index is 1.58. The quantitative estimate of drug-likeness (QED) is 0.529. The molecule has 1 saturated heterocycles. The molecule has 1 fully saturated rings. The maximum atomic E-state index is 12.6. The van der Waals surface area contributed by atoms with Gasteiger partial charge in [-0.15, -0.1) is 11.3 Å². The Kier molecular flexibility index (Phi) is 6.97. The summed E-state index contributed by atoms with van der Waals surface area (Å²) in [6.07, 6.45) is -2.83. The summed E-state index contributed by atoms with van der Waals surface area (Å²) < 4.78 is 0. The minimum atomic E-state index is -1.94. The van der Waals surface area contributed by atoms with Crippen molar-refractivity contribution >= 4 is 34.7 Å². The predicted molar refractivity (Wildman–Crippen MR) is 108 cm³/mol. The molecule has 0 aliphatic carbocycles. The largest absolute Gasteiger partial charge is 0.380 e. The van der Waals surface area contributed by atoms with Crippen LogP contribution >= 0.6 is 11.3 Å². The van der Waals surface area contributed by atoms with E-state index in [-0.39, 0.29) is 19.0 Å². The third-order valence-corrected chi connectivity index (χ3v) is 5.59. The van der Waals surface area contributed by atoms with Gasteiger partial charge in [0.15, 0.2) is 12.2 Å². The van der Waals surface area contributed by atoms with E-state index in [1.54, 1.807) is 24.3 Å². The number of amides is 3. The topological polar surface area (TPSA) is 119 Å². The summed E-state index contributed by atoms with van der Waals surface area (Å²) in [6, 6.07) is 11.7. The number of carbonyl (C=O) groups excluding carboxylic acids is 3. The summed E-state index contributed by atoms with van der Waals surface area (Å²) in [4.78, 5) is 39.4. The molecular formula is C20H23N3O5S. The van der Waals surface area contributed by atoms with E-state index >= 15 is 0 Å². The second-order valence-electron chi connectivity index (χ2n) is 6.73. The summed E-state index contributed by atoms with van der Waals surface area (Å²) >= 11 is 1.44. The number of carbonyl (C=O) groups is 3. The number of hydrogen-bond donors (Lipinski definition) is 4. The number of nitrogens with one attached hydrogen (secondary N) is 2. The maximum absolute atomic E-state index is 12.6. The van der Waals surface area contributed by atoms with Crippen LogP contribution in [0.15, 0.2) is 47.8 Å². The van der Waals surface area contributed by atoms with Crippen molar-refractivity contribution in [1.29, 1.82) is 0 Å². The summed E-state index contributed by atoms with van der Waals surface area (Å²) in [6.45, 7) is 0.465. The molecule has 0 saturated carbocycles. The number of aliphatic hydroxyl groups is 2. The summed E-state index contributed by atoms with van der Waals surface area (Å²) in [7, 11) is 0. The molecule has 0 spiro atoms. The van der Waals surface area contributed by atoms with Crippen LogP contribution in [-0.4, -0.2) is 57.6 Å². The molecule has 8 nitrogen and oxygen atoms in total. The van der Waals surface area contributed by atoms with Gasteiger partial charge in [-0.05, 0) is 36.4 Å². The Bertz CT molecular complexity index is 843. The molecule has 4 N–H and O–H groups in total. The number of nitrogens with zero attached hydrogens (tertiary/aromatic N) is 1. The minimum absolute atomic E-state index is 0.195. The van der Waals surface area contributed by atoms with Crippen molar-refractivity contribution in [3.63, 3.8) is 0 Å². The molecule has 2 aromatic rings. The third kappa shape index (κ3) is 5.20. The number of para-hydroxylation sites is 1. The third-order valence-electron chi connectivity index (χ3n) is 4.72.